The summed E-state index contributed by atoms with van der Waals surface area (Å²) in [6.45, 7) is 2.69. The number of allylic oxidation sites excluding steroid dienone is 1. The van der Waals surface area contributed by atoms with E-state index in [2.05, 4.69) is 27.0 Å². The van der Waals surface area contributed by atoms with Crippen LogP contribution in [0.4, 0.5) is 5.82 Å². The molecule has 0 atom stereocenters. The molecule has 4 rings (SSSR count). The van der Waals surface area contributed by atoms with Crippen LogP contribution in [0.15, 0.2) is 35.2 Å². The number of aliphatic imine (C=N–C) groups is 1. The van der Waals surface area contributed by atoms with Crippen LogP contribution in [0.25, 0.3) is 10.6 Å². The van der Waals surface area contributed by atoms with E-state index in [-0.39, 0.29) is 5.91 Å². The first-order valence-corrected chi connectivity index (χ1v) is 10.4. The van der Waals surface area contributed by atoms with Gasteiger partial charge in [0.15, 0.2) is 0 Å². The molecule has 0 radical (unpaired) electrons. The normalized spacial score (nSPS) is 18.0. The van der Waals surface area contributed by atoms with Crippen molar-refractivity contribution < 1.29 is 4.79 Å². The number of fused-ring (bicyclic) bond motifs is 1. The smallest absolute Gasteiger partial charge is 0.270 e. The lowest BCUT2D eigenvalue weighted by Gasteiger charge is -2.27. The van der Waals surface area contributed by atoms with Gasteiger partial charge < -0.3 is 15.5 Å². The van der Waals surface area contributed by atoms with Gasteiger partial charge in [0, 0.05) is 57.3 Å². The number of piperidine rings is 1. The fraction of sp³-hybridized carbons (Fsp3) is 0.400. The largest absolute Gasteiger partial charge is 0.403 e. The molecule has 2 aromatic heterocycles. The van der Waals surface area contributed by atoms with E-state index in [1.165, 1.54) is 36.8 Å². The number of pyridine rings is 1. The minimum atomic E-state index is -0.0699. The lowest BCUT2D eigenvalue weighted by Crippen LogP contribution is -2.37. The van der Waals surface area contributed by atoms with Crippen molar-refractivity contribution in [2.75, 3.05) is 31.6 Å². The summed E-state index contributed by atoms with van der Waals surface area (Å²) in [6.07, 6.45) is 9.34. The average Bonchev–Trinajstić information content (AvgIpc) is 3.19. The molecule has 0 aliphatic carbocycles. The molecule has 0 unspecified atom stereocenters. The molecule has 2 N–H and O–H groups in total. The summed E-state index contributed by atoms with van der Waals surface area (Å²) in [6, 6.07) is 4.11. The molecule has 8 heteroatoms. The van der Waals surface area contributed by atoms with Crippen molar-refractivity contribution >= 4 is 29.3 Å². The summed E-state index contributed by atoms with van der Waals surface area (Å²) < 4.78 is 0. The first-order chi connectivity index (χ1) is 13.7. The van der Waals surface area contributed by atoms with E-state index in [1.807, 2.05) is 6.20 Å². The molecule has 2 aromatic rings. The molecule has 0 saturated carbocycles. The van der Waals surface area contributed by atoms with E-state index in [1.54, 1.807) is 18.2 Å². The summed E-state index contributed by atoms with van der Waals surface area (Å²) >= 11 is 1.42. The zero-order chi connectivity index (χ0) is 19.5. The third kappa shape index (κ3) is 3.52. The molecule has 7 nitrogen and oxygen atoms in total. The van der Waals surface area contributed by atoms with Crippen LogP contribution in [-0.2, 0) is 6.42 Å². The highest BCUT2D eigenvalue weighted by Gasteiger charge is 2.30. The predicted octanol–water partition coefficient (Wildman–Crippen LogP) is 2.69. The number of aromatic nitrogens is 2. The Morgan fingerprint density at radius 2 is 2.07 bits per heavy atom. The van der Waals surface area contributed by atoms with Crippen molar-refractivity contribution in [3.05, 3.63) is 40.8 Å². The number of anilines is 1. The highest BCUT2D eigenvalue weighted by molar-refractivity contribution is 7.17. The lowest BCUT2D eigenvalue weighted by atomic mass is 10.1. The molecule has 146 valence electrons. The van der Waals surface area contributed by atoms with Crippen molar-refractivity contribution in [3.63, 3.8) is 0 Å². The minimum Gasteiger partial charge on any atom is -0.403 e. The molecule has 1 amide bonds. The molecule has 0 aromatic carbocycles. The molecule has 0 bridgehead atoms. The molecule has 1 saturated heterocycles. The molecular formula is C20H24N6OS. The summed E-state index contributed by atoms with van der Waals surface area (Å²) in [7, 11) is 1.66. The van der Waals surface area contributed by atoms with Gasteiger partial charge in [-0.1, -0.05) is 0 Å². The quantitative estimate of drug-likeness (QED) is 0.803. The highest BCUT2D eigenvalue weighted by atomic mass is 32.1. The number of hydrogen-bond acceptors (Lipinski definition) is 7. The van der Waals surface area contributed by atoms with Crippen LogP contribution >= 0.6 is 11.3 Å². The second-order valence-electron chi connectivity index (χ2n) is 6.93. The third-order valence-electron chi connectivity index (χ3n) is 5.13. The summed E-state index contributed by atoms with van der Waals surface area (Å²) in [5.74, 6) is 0.947. The zero-order valence-electron chi connectivity index (χ0n) is 16.0. The monoisotopic (exact) mass is 396 g/mol. The van der Waals surface area contributed by atoms with Gasteiger partial charge in [-0.15, -0.1) is 11.3 Å². The van der Waals surface area contributed by atoms with E-state index in [9.17, 15) is 4.79 Å². The number of thiazole rings is 1. The molecule has 1 fully saturated rings. The maximum atomic E-state index is 12.9. The van der Waals surface area contributed by atoms with Crippen molar-refractivity contribution in [2.24, 2.45) is 10.7 Å². The minimum absolute atomic E-state index is 0.0699. The summed E-state index contributed by atoms with van der Waals surface area (Å²) in [5, 5.41) is 0.834. The van der Waals surface area contributed by atoms with Gasteiger partial charge in [-0.3, -0.25) is 9.79 Å². The number of hydrogen-bond donors (Lipinski definition) is 1. The fourth-order valence-electron chi connectivity index (χ4n) is 3.66. The molecular weight excluding hydrogens is 372 g/mol. The van der Waals surface area contributed by atoms with Crippen molar-refractivity contribution in [1.29, 1.82) is 0 Å². The van der Waals surface area contributed by atoms with Gasteiger partial charge in [-0.2, -0.15) is 0 Å². The van der Waals surface area contributed by atoms with E-state index in [4.69, 9.17) is 10.7 Å². The standard InChI is InChI=1S/C20H24N6OS/c1-22-13-15(11-21)26-10-7-16-18(20(26)27)28-19(24-16)14-5-6-17(23-12-14)25-8-3-2-4-9-25/h5-6,11-13H,2-4,7-10,21H2,1H3. The van der Waals surface area contributed by atoms with Gasteiger partial charge in [0.2, 0.25) is 0 Å². The van der Waals surface area contributed by atoms with Crippen LogP contribution in [0.3, 0.4) is 0 Å². The number of carbonyl (C=O) groups is 1. The maximum Gasteiger partial charge on any atom is 0.270 e. The van der Waals surface area contributed by atoms with E-state index in [0.29, 0.717) is 23.5 Å². The van der Waals surface area contributed by atoms with Crippen molar-refractivity contribution in [3.8, 4) is 10.6 Å². The molecule has 4 heterocycles. The van der Waals surface area contributed by atoms with Crippen LogP contribution in [0.5, 0.6) is 0 Å². The Morgan fingerprint density at radius 3 is 2.75 bits per heavy atom. The number of nitrogens with two attached hydrogens (primary N) is 1. The molecule has 28 heavy (non-hydrogen) atoms. The Morgan fingerprint density at radius 1 is 1.25 bits per heavy atom. The van der Waals surface area contributed by atoms with Gasteiger partial charge in [-0.25, -0.2) is 9.97 Å². The molecule has 0 spiro atoms. The highest BCUT2D eigenvalue weighted by Crippen LogP contribution is 2.33. The second-order valence-corrected chi connectivity index (χ2v) is 7.93. The zero-order valence-corrected chi connectivity index (χ0v) is 16.8. The van der Waals surface area contributed by atoms with E-state index < -0.39 is 0 Å². The SMILES string of the molecule is CN=CC(=CN)N1CCc2nc(-c3ccc(N4CCCCC4)nc3)sc2C1=O. The first-order valence-electron chi connectivity index (χ1n) is 9.58. The Kier molecular flexibility index (Phi) is 5.38. The molecule has 2 aliphatic rings. The number of carbonyl (C=O) groups excluding carboxylic acids is 1. The fourth-order valence-corrected chi connectivity index (χ4v) is 4.71. The maximum absolute atomic E-state index is 12.9. The first kappa shape index (κ1) is 18.6. The average molecular weight is 397 g/mol. The third-order valence-corrected chi connectivity index (χ3v) is 6.26. The Hall–Kier alpha value is -2.74. The van der Waals surface area contributed by atoms with E-state index >= 15 is 0 Å². The van der Waals surface area contributed by atoms with Crippen LogP contribution in [0.2, 0.25) is 0 Å². The topological polar surface area (TPSA) is 87.7 Å². The van der Waals surface area contributed by atoms with Crippen molar-refractivity contribution in [1.82, 2.24) is 14.9 Å². The van der Waals surface area contributed by atoms with Gasteiger partial charge in [0.05, 0.1) is 11.4 Å². The van der Waals surface area contributed by atoms with Gasteiger partial charge >= 0.3 is 0 Å². The van der Waals surface area contributed by atoms with Gasteiger partial charge in [0.25, 0.3) is 5.91 Å². The Labute approximate surface area is 168 Å². The van der Waals surface area contributed by atoms with Crippen LogP contribution in [-0.4, -0.2) is 53.7 Å². The van der Waals surface area contributed by atoms with Crippen molar-refractivity contribution in [2.45, 2.75) is 25.7 Å². The lowest BCUT2D eigenvalue weighted by molar-refractivity contribution is 0.0805. The van der Waals surface area contributed by atoms with E-state index in [0.717, 1.165) is 35.2 Å². The summed E-state index contributed by atoms with van der Waals surface area (Å²) in [5.41, 5.74) is 8.09. The second kappa shape index (κ2) is 8.10. The predicted molar refractivity (Wildman–Crippen MR) is 113 cm³/mol. The summed E-state index contributed by atoms with van der Waals surface area (Å²) in [4.78, 5) is 30.9. The number of nitrogens with zero attached hydrogens (tertiary/aromatic N) is 5. The number of rotatable bonds is 4. The number of amides is 1. The van der Waals surface area contributed by atoms with Gasteiger partial charge in [0.1, 0.15) is 15.7 Å². The Balaban J connectivity index is 1.56. The van der Waals surface area contributed by atoms with Gasteiger partial charge in [-0.05, 0) is 31.4 Å². The van der Waals surface area contributed by atoms with Crippen LogP contribution < -0.4 is 10.6 Å². The van der Waals surface area contributed by atoms with Crippen LogP contribution in [0, 0.1) is 0 Å². The Bertz CT molecular complexity index is 911. The molecule has 2 aliphatic heterocycles. The van der Waals surface area contributed by atoms with Crippen LogP contribution in [0.1, 0.15) is 34.6 Å².